The zero-order valence-electron chi connectivity index (χ0n) is 11.1. The standard InChI is InChI=1S/C13H26O3S/c1-3-4-11-5-7-12(8-6-11)13(14)9-10-17(2,15)16/h11-14H,3-10H2,1-2H3. The van der Waals surface area contributed by atoms with E-state index in [-0.39, 0.29) is 5.75 Å². The average Bonchev–Trinajstić information content (AvgIpc) is 2.26. The molecule has 102 valence electrons. The zero-order valence-corrected chi connectivity index (χ0v) is 11.9. The van der Waals surface area contributed by atoms with Crippen LogP contribution in [0.2, 0.25) is 0 Å². The molecule has 0 spiro atoms. The van der Waals surface area contributed by atoms with Crippen LogP contribution < -0.4 is 0 Å². The predicted octanol–water partition coefficient (Wildman–Crippen LogP) is 2.39. The summed E-state index contributed by atoms with van der Waals surface area (Å²) in [5.74, 6) is 1.27. The van der Waals surface area contributed by atoms with E-state index in [9.17, 15) is 13.5 Å². The molecule has 1 N–H and O–H groups in total. The molecule has 1 aliphatic rings. The van der Waals surface area contributed by atoms with Crippen molar-refractivity contribution >= 4 is 9.84 Å². The first kappa shape index (κ1) is 15.0. The van der Waals surface area contributed by atoms with Gasteiger partial charge in [0.2, 0.25) is 0 Å². The number of aliphatic hydroxyl groups is 1. The fourth-order valence-corrected chi connectivity index (χ4v) is 3.51. The van der Waals surface area contributed by atoms with Gasteiger partial charge < -0.3 is 5.11 Å². The van der Waals surface area contributed by atoms with Crippen LogP contribution in [0.1, 0.15) is 51.9 Å². The topological polar surface area (TPSA) is 54.4 Å². The Morgan fingerprint density at radius 3 is 2.29 bits per heavy atom. The van der Waals surface area contributed by atoms with E-state index >= 15 is 0 Å². The molecule has 1 rings (SSSR count). The van der Waals surface area contributed by atoms with E-state index in [0.29, 0.717) is 12.3 Å². The second kappa shape index (κ2) is 6.74. The number of sulfone groups is 1. The lowest BCUT2D eigenvalue weighted by atomic mass is 9.77. The zero-order chi connectivity index (χ0) is 12.9. The summed E-state index contributed by atoms with van der Waals surface area (Å²) in [6, 6.07) is 0. The van der Waals surface area contributed by atoms with Crippen LogP contribution in [0.3, 0.4) is 0 Å². The van der Waals surface area contributed by atoms with Crippen molar-refractivity contribution in [2.24, 2.45) is 11.8 Å². The van der Waals surface area contributed by atoms with Crippen LogP contribution in [0.25, 0.3) is 0 Å². The molecule has 1 saturated carbocycles. The minimum atomic E-state index is -2.94. The van der Waals surface area contributed by atoms with Gasteiger partial charge in [-0.3, -0.25) is 0 Å². The Bertz CT molecular complexity index is 303. The number of aliphatic hydroxyl groups excluding tert-OH is 1. The van der Waals surface area contributed by atoms with Gasteiger partial charge >= 0.3 is 0 Å². The Labute approximate surface area is 106 Å². The quantitative estimate of drug-likeness (QED) is 0.799. The van der Waals surface area contributed by atoms with Crippen molar-refractivity contribution in [3.05, 3.63) is 0 Å². The summed E-state index contributed by atoms with van der Waals surface area (Å²) < 4.78 is 22.1. The summed E-state index contributed by atoms with van der Waals surface area (Å²) in [5.41, 5.74) is 0. The molecule has 0 bridgehead atoms. The van der Waals surface area contributed by atoms with Crippen LogP contribution in [-0.2, 0) is 9.84 Å². The molecule has 17 heavy (non-hydrogen) atoms. The Morgan fingerprint density at radius 2 is 1.82 bits per heavy atom. The van der Waals surface area contributed by atoms with Gasteiger partial charge in [0, 0.05) is 6.26 Å². The third-order valence-corrected chi connectivity index (χ3v) is 4.89. The number of rotatable bonds is 6. The molecular weight excluding hydrogens is 236 g/mol. The minimum absolute atomic E-state index is 0.114. The maximum atomic E-state index is 11.0. The van der Waals surface area contributed by atoms with Gasteiger partial charge in [0.1, 0.15) is 9.84 Å². The lowest BCUT2D eigenvalue weighted by molar-refractivity contribution is 0.0702. The first-order valence-corrected chi connectivity index (χ1v) is 8.84. The normalized spacial score (nSPS) is 27.9. The fourth-order valence-electron chi connectivity index (χ4n) is 2.84. The third-order valence-electron chi connectivity index (χ3n) is 3.92. The van der Waals surface area contributed by atoms with Crippen LogP contribution in [0.15, 0.2) is 0 Å². The molecule has 0 heterocycles. The van der Waals surface area contributed by atoms with E-state index in [0.717, 1.165) is 18.8 Å². The third kappa shape index (κ3) is 5.87. The highest BCUT2D eigenvalue weighted by atomic mass is 32.2. The molecule has 1 aliphatic carbocycles. The largest absolute Gasteiger partial charge is 0.393 e. The molecule has 0 radical (unpaired) electrons. The van der Waals surface area contributed by atoms with Gasteiger partial charge in [-0.15, -0.1) is 0 Å². The molecule has 1 fully saturated rings. The second-order valence-electron chi connectivity index (χ2n) is 5.56. The molecule has 0 aromatic rings. The predicted molar refractivity (Wildman–Crippen MR) is 70.7 cm³/mol. The summed E-state index contributed by atoms with van der Waals surface area (Å²) in [4.78, 5) is 0. The Hall–Kier alpha value is -0.0900. The van der Waals surface area contributed by atoms with E-state index in [1.54, 1.807) is 0 Å². The van der Waals surface area contributed by atoms with Gasteiger partial charge in [-0.2, -0.15) is 0 Å². The molecule has 0 aromatic heterocycles. The Kier molecular flexibility index (Phi) is 5.93. The molecule has 0 saturated heterocycles. The maximum Gasteiger partial charge on any atom is 0.147 e. The Balaban J connectivity index is 2.28. The molecule has 1 atom stereocenters. The van der Waals surface area contributed by atoms with E-state index in [1.165, 1.54) is 31.9 Å². The first-order chi connectivity index (χ1) is 7.92. The van der Waals surface area contributed by atoms with E-state index in [4.69, 9.17) is 0 Å². The molecule has 0 aliphatic heterocycles. The van der Waals surface area contributed by atoms with E-state index in [2.05, 4.69) is 6.92 Å². The lowest BCUT2D eigenvalue weighted by Gasteiger charge is -2.31. The van der Waals surface area contributed by atoms with Crippen LogP contribution in [-0.4, -0.2) is 31.6 Å². The van der Waals surface area contributed by atoms with E-state index in [1.807, 2.05) is 0 Å². The summed E-state index contributed by atoms with van der Waals surface area (Å²) in [5, 5.41) is 9.99. The minimum Gasteiger partial charge on any atom is -0.393 e. The fraction of sp³-hybridized carbons (Fsp3) is 1.00. The van der Waals surface area contributed by atoms with Crippen molar-refractivity contribution in [3.63, 3.8) is 0 Å². The summed E-state index contributed by atoms with van der Waals surface area (Å²) >= 11 is 0. The molecule has 4 heteroatoms. The second-order valence-corrected chi connectivity index (χ2v) is 7.82. The molecular formula is C13H26O3S. The molecule has 1 unspecified atom stereocenters. The van der Waals surface area contributed by atoms with Crippen LogP contribution >= 0.6 is 0 Å². The SMILES string of the molecule is CCCC1CCC(C(O)CCS(C)(=O)=O)CC1. The smallest absolute Gasteiger partial charge is 0.147 e. The summed E-state index contributed by atoms with van der Waals surface area (Å²) in [6.45, 7) is 2.22. The van der Waals surface area contributed by atoms with Gasteiger partial charge in [0.15, 0.2) is 0 Å². The van der Waals surface area contributed by atoms with Crippen molar-refractivity contribution in [3.8, 4) is 0 Å². The van der Waals surface area contributed by atoms with Gasteiger partial charge in [0.05, 0.1) is 11.9 Å². The monoisotopic (exact) mass is 262 g/mol. The number of hydrogen-bond acceptors (Lipinski definition) is 3. The van der Waals surface area contributed by atoms with Crippen molar-refractivity contribution in [1.82, 2.24) is 0 Å². The Morgan fingerprint density at radius 1 is 1.24 bits per heavy atom. The van der Waals surface area contributed by atoms with Gasteiger partial charge in [-0.25, -0.2) is 8.42 Å². The van der Waals surface area contributed by atoms with Gasteiger partial charge in [0.25, 0.3) is 0 Å². The maximum absolute atomic E-state index is 11.0. The lowest BCUT2D eigenvalue weighted by Crippen LogP contribution is -2.27. The van der Waals surface area contributed by atoms with Crippen LogP contribution in [0, 0.1) is 11.8 Å². The van der Waals surface area contributed by atoms with Gasteiger partial charge in [-0.1, -0.05) is 32.6 Å². The molecule has 0 amide bonds. The highest BCUT2D eigenvalue weighted by Gasteiger charge is 2.26. The van der Waals surface area contributed by atoms with Crippen molar-refractivity contribution in [1.29, 1.82) is 0 Å². The van der Waals surface area contributed by atoms with E-state index < -0.39 is 15.9 Å². The highest BCUT2D eigenvalue weighted by molar-refractivity contribution is 7.90. The molecule has 0 aromatic carbocycles. The van der Waals surface area contributed by atoms with Crippen molar-refractivity contribution in [2.45, 2.75) is 58.0 Å². The van der Waals surface area contributed by atoms with Crippen LogP contribution in [0.4, 0.5) is 0 Å². The summed E-state index contributed by atoms with van der Waals surface area (Å²) in [6.07, 6.45) is 8.29. The average molecular weight is 262 g/mol. The van der Waals surface area contributed by atoms with Crippen LogP contribution in [0.5, 0.6) is 0 Å². The highest BCUT2D eigenvalue weighted by Crippen LogP contribution is 2.33. The van der Waals surface area contributed by atoms with Crippen molar-refractivity contribution < 1.29 is 13.5 Å². The van der Waals surface area contributed by atoms with Crippen molar-refractivity contribution in [2.75, 3.05) is 12.0 Å². The van der Waals surface area contributed by atoms with Gasteiger partial charge in [-0.05, 0) is 31.1 Å². The number of hydrogen-bond donors (Lipinski definition) is 1. The summed E-state index contributed by atoms with van der Waals surface area (Å²) in [7, 11) is -2.94. The molecule has 3 nitrogen and oxygen atoms in total. The first-order valence-electron chi connectivity index (χ1n) is 6.78.